The van der Waals surface area contributed by atoms with Crippen LogP contribution in [0.3, 0.4) is 0 Å². The first-order valence-corrected chi connectivity index (χ1v) is 14.4. The van der Waals surface area contributed by atoms with Crippen LogP contribution in [0, 0.1) is 0 Å². The average Bonchev–Trinajstić information content (AvgIpc) is 3.41. The highest BCUT2D eigenvalue weighted by Crippen LogP contribution is 2.34. The van der Waals surface area contributed by atoms with Gasteiger partial charge in [-0.2, -0.15) is 13.2 Å². The predicted molar refractivity (Wildman–Crippen MR) is 167 cm³/mol. The highest BCUT2D eigenvalue weighted by Gasteiger charge is 2.34. The first-order chi connectivity index (χ1) is 21.1. The van der Waals surface area contributed by atoms with Crippen LogP contribution in [0.15, 0.2) is 79.0 Å². The maximum Gasteiger partial charge on any atom is 0.418 e. The maximum absolute atomic E-state index is 13.8. The fourth-order valence-electron chi connectivity index (χ4n) is 4.95. The minimum atomic E-state index is -4.65. The average molecular weight is 610 g/mol. The van der Waals surface area contributed by atoms with Crippen molar-refractivity contribution in [2.75, 3.05) is 57.7 Å². The van der Waals surface area contributed by atoms with Crippen molar-refractivity contribution in [2.45, 2.75) is 25.6 Å². The number of urea groups is 1. The van der Waals surface area contributed by atoms with E-state index in [1.54, 1.807) is 4.90 Å². The molecule has 0 bridgehead atoms. The maximum atomic E-state index is 13.8. The van der Waals surface area contributed by atoms with Crippen molar-refractivity contribution < 1.29 is 27.5 Å². The molecule has 0 fully saturated rings. The van der Waals surface area contributed by atoms with Crippen molar-refractivity contribution in [1.29, 1.82) is 0 Å². The highest BCUT2D eigenvalue weighted by molar-refractivity contribution is 5.93. The number of hydrogen-bond donors (Lipinski definition) is 2. The minimum absolute atomic E-state index is 0.118. The molecule has 0 atom stereocenters. The van der Waals surface area contributed by atoms with Gasteiger partial charge < -0.3 is 29.7 Å². The van der Waals surface area contributed by atoms with Gasteiger partial charge in [-0.15, -0.1) is 0 Å². The third-order valence-electron chi connectivity index (χ3n) is 7.37. The number of H-pyrrole nitrogens is 1. The lowest BCUT2D eigenvalue weighted by atomic mass is 10.1. The van der Waals surface area contributed by atoms with Gasteiger partial charge in [-0.1, -0.05) is 42.5 Å². The van der Waals surface area contributed by atoms with E-state index < -0.39 is 17.8 Å². The molecule has 0 saturated carbocycles. The summed E-state index contributed by atoms with van der Waals surface area (Å²) in [6.07, 6.45) is -1.75. The number of anilines is 2. The third kappa shape index (κ3) is 8.53. The molecule has 234 valence electrons. The number of methoxy groups -OCH3 is 1. The molecule has 1 heterocycles. The van der Waals surface area contributed by atoms with Crippen LogP contribution in [0.25, 0.3) is 10.9 Å². The summed E-state index contributed by atoms with van der Waals surface area (Å²) in [5, 5.41) is 3.44. The van der Waals surface area contributed by atoms with Gasteiger partial charge >= 0.3 is 12.2 Å². The van der Waals surface area contributed by atoms with Gasteiger partial charge in [0.1, 0.15) is 6.54 Å². The number of aromatic nitrogens is 1. The van der Waals surface area contributed by atoms with Crippen molar-refractivity contribution >= 4 is 34.2 Å². The molecule has 0 spiro atoms. The lowest BCUT2D eigenvalue weighted by molar-refractivity contribution is -0.137. The largest absolute Gasteiger partial charge is 0.418 e. The molecule has 0 radical (unpaired) electrons. The number of alkyl halides is 3. The molecule has 11 heteroatoms. The quantitative estimate of drug-likeness (QED) is 0.172. The van der Waals surface area contributed by atoms with Crippen molar-refractivity contribution in [3.8, 4) is 0 Å². The minimum Gasteiger partial charge on any atom is -0.385 e. The van der Waals surface area contributed by atoms with Crippen LogP contribution in [0.5, 0.6) is 0 Å². The van der Waals surface area contributed by atoms with Gasteiger partial charge in [0.15, 0.2) is 0 Å². The Hall–Kier alpha value is -4.51. The molecular weight excluding hydrogens is 571 g/mol. The third-order valence-corrected chi connectivity index (χ3v) is 7.37. The Labute approximate surface area is 255 Å². The second-order valence-corrected chi connectivity index (χ2v) is 10.7. The number of amides is 3. The first-order valence-electron chi connectivity index (χ1n) is 14.4. The summed E-state index contributed by atoms with van der Waals surface area (Å²) in [6.45, 7) is 0.806. The lowest BCUT2D eigenvalue weighted by Crippen LogP contribution is -2.45. The summed E-state index contributed by atoms with van der Waals surface area (Å²) >= 11 is 0. The van der Waals surface area contributed by atoms with Crippen LogP contribution >= 0.6 is 0 Å². The SMILES string of the molecule is COCCCN(CC(=O)N(CCc1c[nH]c2ccccc12)Cc1ccc(N(C)C)cc1)C(=O)Nc1ccccc1C(F)(F)F. The van der Waals surface area contributed by atoms with Gasteiger partial charge in [-0.05, 0) is 54.3 Å². The van der Waals surface area contributed by atoms with Crippen molar-refractivity contribution in [2.24, 2.45) is 0 Å². The van der Waals surface area contributed by atoms with E-state index in [2.05, 4.69) is 10.3 Å². The molecule has 2 N–H and O–H groups in total. The second kappa shape index (κ2) is 14.8. The molecule has 4 rings (SSSR count). The van der Waals surface area contributed by atoms with Gasteiger partial charge in [0.25, 0.3) is 0 Å². The first kappa shape index (κ1) is 32.4. The zero-order valence-electron chi connectivity index (χ0n) is 25.2. The van der Waals surface area contributed by atoms with Crippen LogP contribution in [0.1, 0.15) is 23.1 Å². The van der Waals surface area contributed by atoms with Crippen LogP contribution in [-0.2, 0) is 28.7 Å². The number of carbonyl (C=O) groups is 2. The molecule has 44 heavy (non-hydrogen) atoms. The Bertz CT molecular complexity index is 1540. The Balaban J connectivity index is 1.55. The number of benzene rings is 3. The van der Waals surface area contributed by atoms with E-state index in [-0.39, 0.29) is 24.7 Å². The Kier molecular flexibility index (Phi) is 10.9. The fraction of sp³-hybridized carbons (Fsp3) is 0.333. The molecular formula is C33H38F3N5O3. The molecule has 8 nitrogen and oxygen atoms in total. The molecule has 3 aromatic carbocycles. The summed E-state index contributed by atoms with van der Waals surface area (Å²) in [4.78, 5) is 35.3. The number of nitrogens with zero attached hydrogens (tertiary/aromatic N) is 3. The van der Waals surface area contributed by atoms with E-state index in [0.29, 0.717) is 32.5 Å². The molecule has 0 saturated heterocycles. The molecule has 0 aliphatic heterocycles. The van der Waals surface area contributed by atoms with Crippen LogP contribution in [-0.4, -0.2) is 74.2 Å². The number of aromatic amines is 1. The summed E-state index contributed by atoms with van der Waals surface area (Å²) in [7, 11) is 5.41. The Morgan fingerprint density at radius 3 is 2.32 bits per heavy atom. The summed E-state index contributed by atoms with van der Waals surface area (Å²) in [5.74, 6) is -0.321. The smallest absolute Gasteiger partial charge is 0.385 e. The molecule has 0 aliphatic carbocycles. The van der Waals surface area contributed by atoms with Crippen molar-refractivity contribution in [3.63, 3.8) is 0 Å². The number of halogens is 3. The highest BCUT2D eigenvalue weighted by atomic mass is 19.4. The van der Waals surface area contributed by atoms with E-state index in [9.17, 15) is 22.8 Å². The monoisotopic (exact) mass is 609 g/mol. The number of fused-ring (bicyclic) bond motifs is 1. The van der Waals surface area contributed by atoms with Crippen LogP contribution in [0.2, 0.25) is 0 Å². The predicted octanol–water partition coefficient (Wildman–Crippen LogP) is 6.39. The zero-order chi connectivity index (χ0) is 31.7. The van der Waals surface area contributed by atoms with Crippen molar-refractivity contribution in [3.05, 3.63) is 95.7 Å². The topological polar surface area (TPSA) is 80.9 Å². The Morgan fingerprint density at radius 2 is 1.61 bits per heavy atom. The number of rotatable bonds is 13. The van der Waals surface area contributed by atoms with Gasteiger partial charge in [-0.25, -0.2) is 4.79 Å². The van der Waals surface area contributed by atoms with E-state index in [4.69, 9.17) is 4.74 Å². The number of ether oxygens (including phenoxy) is 1. The van der Waals surface area contributed by atoms with Gasteiger partial charge in [0.2, 0.25) is 5.91 Å². The summed E-state index contributed by atoms with van der Waals surface area (Å²) < 4.78 is 45.9. The van der Waals surface area contributed by atoms with E-state index in [0.717, 1.165) is 33.8 Å². The fourth-order valence-corrected chi connectivity index (χ4v) is 4.95. The van der Waals surface area contributed by atoms with Gasteiger partial charge in [0, 0.05) is 70.2 Å². The molecule has 0 unspecified atom stereocenters. The van der Waals surface area contributed by atoms with Crippen LogP contribution < -0.4 is 10.2 Å². The van der Waals surface area contributed by atoms with Crippen molar-refractivity contribution in [1.82, 2.24) is 14.8 Å². The standard InChI is InChI=1S/C33H38F3N5O3/c1-39(2)26-15-13-24(14-16-26)22-40(19-17-25-21-37-29-11-6-4-9-27(25)29)31(42)23-41(18-8-20-44-3)32(43)38-30-12-7-5-10-28(30)33(34,35)36/h4-7,9-16,21,37H,8,17-20,22-23H2,1-3H3,(H,38,43). The molecule has 0 aliphatic rings. The second-order valence-electron chi connectivity index (χ2n) is 10.7. The number of carbonyl (C=O) groups excluding carboxylic acids is 2. The van der Waals surface area contributed by atoms with E-state index in [1.165, 1.54) is 30.2 Å². The van der Waals surface area contributed by atoms with Crippen LogP contribution in [0.4, 0.5) is 29.3 Å². The van der Waals surface area contributed by atoms with Gasteiger partial charge in [0.05, 0.1) is 11.3 Å². The van der Waals surface area contributed by atoms with E-state index >= 15 is 0 Å². The van der Waals surface area contributed by atoms with E-state index in [1.807, 2.05) is 73.7 Å². The summed E-state index contributed by atoms with van der Waals surface area (Å²) in [6, 6.07) is 19.8. The number of para-hydroxylation sites is 2. The Morgan fingerprint density at radius 1 is 0.909 bits per heavy atom. The van der Waals surface area contributed by atoms with Gasteiger partial charge in [-0.3, -0.25) is 4.79 Å². The number of nitrogens with one attached hydrogen (secondary N) is 2. The normalized spacial score (nSPS) is 11.4. The zero-order valence-corrected chi connectivity index (χ0v) is 25.2. The molecule has 1 aromatic heterocycles. The molecule has 3 amide bonds. The number of hydrogen-bond acceptors (Lipinski definition) is 4. The summed E-state index contributed by atoms with van der Waals surface area (Å²) in [5.41, 5.74) is 2.66. The molecule has 4 aromatic rings. The lowest BCUT2D eigenvalue weighted by Gasteiger charge is -2.28.